The molecule has 0 saturated carbocycles. The van der Waals surface area contributed by atoms with E-state index < -0.39 is 5.54 Å². The minimum absolute atomic E-state index is 0.165. The first-order valence-electron chi connectivity index (χ1n) is 10.6. The number of amides is 1. The van der Waals surface area contributed by atoms with Crippen molar-refractivity contribution in [2.24, 2.45) is 10.9 Å². The van der Waals surface area contributed by atoms with Gasteiger partial charge in [-0.3, -0.25) is 9.69 Å². The van der Waals surface area contributed by atoms with Crippen molar-refractivity contribution in [3.8, 4) is 0 Å². The van der Waals surface area contributed by atoms with Gasteiger partial charge in [0.2, 0.25) is 0 Å². The van der Waals surface area contributed by atoms with Crippen LogP contribution in [0.1, 0.15) is 44.7 Å². The molecule has 1 fully saturated rings. The average molecular weight is 414 g/mol. The first kappa shape index (κ1) is 22.1. The van der Waals surface area contributed by atoms with Gasteiger partial charge in [0, 0.05) is 6.54 Å². The first-order valence-corrected chi connectivity index (χ1v) is 10.6. The summed E-state index contributed by atoms with van der Waals surface area (Å²) in [6, 6.07) is 11.6. The Labute approximate surface area is 177 Å². The van der Waals surface area contributed by atoms with Gasteiger partial charge < -0.3 is 5.32 Å². The van der Waals surface area contributed by atoms with E-state index in [0.29, 0.717) is 29.4 Å². The van der Waals surface area contributed by atoms with Gasteiger partial charge in [0.1, 0.15) is 17.5 Å². The van der Waals surface area contributed by atoms with Crippen LogP contribution in [0.2, 0.25) is 0 Å². The number of hydrogen-bond donors (Lipinski definition) is 1. The third-order valence-corrected chi connectivity index (χ3v) is 5.70. The molecule has 160 valence electrons. The van der Waals surface area contributed by atoms with Gasteiger partial charge in [0.25, 0.3) is 5.91 Å². The van der Waals surface area contributed by atoms with Crippen LogP contribution in [0.15, 0.2) is 53.5 Å². The van der Waals surface area contributed by atoms with Crippen LogP contribution in [-0.4, -0.2) is 36.3 Å². The highest BCUT2D eigenvalue weighted by Crippen LogP contribution is 2.40. The number of piperidine rings is 1. The molecule has 1 N–H and O–H groups in total. The van der Waals surface area contributed by atoms with Gasteiger partial charge in [0.15, 0.2) is 5.54 Å². The van der Waals surface area contributed by atoms with Crippen LogP contribution in [0.25, 0.3) is 0 Å². The lowest BCUT2D eigenvalue weighted by Crippen LogP contribution is -2.44. The zero-order valence-corrected chi connectivity index (χ0v) is 17.8. The van der Waals surface area contributed by atoms with Crippen LogP contribution in [0.4, 0.5) is 8.78 Å². The summed E-state index contributed by atoms with van der Waals surface area (Å²) in [5.74, 6) is 0.123. The third-order valence-electron chi connectivity index (χ3n) is 5.70. The molecule has 1 saturated heterocycles. The molecule has 2 aromatic carbocycles. The molecule has 2 aliphatic heterocycles. The Kier molecular flexibility index (Phi) is 6.98. The van der Waals surface area contributed by atoms with Crippen LogP contribution in [0.3, 0.4) is 0 Å². The van der Waals surface area contributed by atoms with Crippen LogP contribution in [0.5, 0.6) is 0 Å². The van der Waals surface area contributed by atoms with Gasteiger partial charge >= 0.3 is 0 Å². The van der Waals surface area contributed by atoms with E-state index in [9.17, 15) is 13.6 Å². The Balaban J connectivity index is 0.00000124. The lowest BCUT2D eigenvalue weighted by Gasteiger charge is -2.30. The summed E-state index contributed by atoms with van der Waals surface area (Å²) in [6.07, 6.45) is 2.02. The topological polar surface area (TPSA) is 44.7 Å². The Morgan fingerprint density at radius 3 is 1.90 bits per heavy atom. The average Bonchev–Trinajstić information content (AvgIpc) is 3.02. The fourth-order valence-electron chi connectivity index (χ4n) is 4.16. The molecular formula is C24H29F2N3O. The number of aliphatic imine (C=N–C) groups is 1. The van der Waals surface area contributed by atoms with Gasteiger partial charge in [-0.05, 0) is 74.2 Å². The summed E-state index contributed by atoms with van der Waals surface area (Å²) in [6.45, 7) is 8.33. The summed E-state index contributed by atoms with van der Waals surface area (Å²) in [4.78, 5) is 20.2. The van der Waals surface area contributed by atoms with Crippen LogP contribution in [-0.2, 0) is 10.3 Å². The Hall–Kier alpha value is -2.60. The number of rotatable bonds is 4. The molecule has 0 spiro atoms. The molecule has 0 radical (unpaired) electrons. The second-order valence-electron chi connectivity index (χ2n) is 7.49. The smallest absolute Gasteiger partial charge is 0.265 e. The molecular weight excluding hydrogens is 384 g/mol. The number of nitrogens with one attached hydrogen (secondary N) is 1. The van der Waals surface area contributed by atoms with Gasteiger partial charge in [-0.1, -0.05) is 38.1 Å². The Morgan fingerprint density at radius 2 is 1.43 bits per heavy atom. The second-order valence-corrected chi connectivity index (χ2v) is 7.49. The molecule has 0 atom stereocenters. The highest BCUT2D eigenvalue weighted by atomic mass is 19.1. The molecule has 6 heteroatoms. The second kappa shape index (κ2) is 9.47. The molecule has 2 aliphatic rings. The fourth-order valence-corrected chi connectivity index (χ4v) is 4.16. The first-order chi connectivity index (χ1) is 14.5. The third kappa shape index (κ3) is 4.15. The minimum Gasteiger partial charge on any atom is -0.317 e. The van der Waals surface area contributed by atoms with Crippen molar-refractivity contribution in [2.45, 2.75) is 39.2 Å². The number of amidine groups is 1. The van der Waals surface area contributed by atoms with Crippen LogP contribution in [0, 0.1) is 17.6 Å². The van der Waals surface area contributed by atoms with Gasteiger partial charge in [-0.15, -0.1) is 0 Å². The largest absolute Gasteiger partial charge is 0.317 e. The molecule has 0 aromatic heterocycles. The Bertz CT molecular complexity index is 842. The summed E-state index contributed by atoms with van der Waals surface area (Å²) in [5, 5.41) is 3.34. The summed E-state index contributed by atoms with van der Waals surface area (Å²) in [7, 11) is 0. The standard InChI is InChI=1S/C22H23F2N3O.C2H6/c1-15-26-22(17-2-6-19(23)7-3-17,18-4-8-20(24)9-5-18)21(28)27(15)14-16-10-12-25-13-11-16;1-2/h2-9,16,25H,10-14H2,1H3;1-2H3. The zero-order chi connectivity index (χ0) is 21.7. The molecule has 0 bridgehead atoms. The SMILES string of the molecule is CC.CC1=NC(c2ccc(F)cc2)(c2ccc(F)cc2)C(=O)N1CC1CCNCC1. The van der Waals surface area contributed by atoms with E-state index in [2.05, 4.69) is 5.32 Å². The van der Waals surface area contributed by atoms with E-state index in [1.165, 1.54) is 24.3 Å². The number of carbonyl (C=O) groups excluding carboxylic acids is 1. The van der Waals surface area contributed by atoms with Crippen LogP contribution < -0.4 is 5.32 Å². The highest BCUT2D eigenvalue weighted by Gasteiger charge is 2.50. The maximum absolute atomic E-state index is 13.7. The molecule has 30 heavy (non-hydrogen) atoms. The van der Waals surface area contributed by atoms with Crippen molar-refractivity contribution in [2.75, 3.05) is 19.6 Å². The lowest BCUT2D eigenvalue weighted by atomic mass is 9.82. The summed E-state index contributed by atoms with van der Waals surface area (Å²) >= 11 is 0. The van der Waals surface area contributed by atoms with E-state index in [-0.39, 0.29) is 17.5 Å². The van der Waals surface area contributed by atoms with E-state index in [4.69, 9.17) is 4.99 Å². The molecule has 0 unspecified atom stereocenters. The predicted octanol–water partition coefficient (Wildman–Crippen LogP) is 4.49. The predicted molar refractivity (Wildman–Crippen MR) is 115 cm³/mol. The quantitative estimate of drug-likeness (QED) is 0.802. The highest BCUT2D eigenvalue weighted by molar-refractivity contribution is 6.09. The molecule has 0 aliphatic carbocycles. The zero-order valence-electron chi connectivity index (χ0n) is 17.8. The van der Waals surface area contributed by atoms with E-state index >= 15 is 0 Å². The normalized spacial score (nSPS) is 18.6. The van der Waals surface area contributed by atoms with Gasteiger partial charge in [0.05, 0.1) is 0 Å². The van der Waals surface area contributed by atoms with Crippen molar-refractivity contribution in [1.82, 2.24) is 10.2 Å². The molecule has 2 aromatic rings. The number of benzene rings is 2. The van der Waals surface area contributed by atoms with Crippen LogP contribution >= 0.6 is 0 Å². The molecule has 2 heterocycles. The summed E-state index contributed by atoms with van der Waals surface area (Å²) < 4.78 is 27.1. The monoisotopic (exact) mass is 413 g/mol. The maximum atomic E-state index is 13.7. The van der Waals surface area contributed by atoms with Crippen molar-refractivity contribution in [3.05, 3.63) is 71.3 Å². The lowest BCUT2D eigenvalue weighted by molar-refractivity contribution is -0.130. The Morgan fingerprint density at radius 1 is 0.967 bits per heavy atom. The number of carbonyl (C=O) groups is 1. The number of halogens is 2. The van der Waals surface area contributed by atoms with Gasteiger partial charge in [-0.25, -0.2) is 13.8 Å². The fraction of sp³-hybridized carbons (Fsp3) is 0.417. The van der Waals surface area contributed by atoms with Crippen molar-refractivity contribution in [3.63, 3.8) is 0 Å². The van der Waals surface area contributed by atoms with Crippen molar-refractivity contribution < 1.29 is 13.6 Å². The van der Waals surface area contributed by atoms with Crippen molar-refractivity contribution in [1.29, 1.82) is 0 Å². The van der Waals surface area contributed by atoms with E-state index in [0.717, 1.165) is 25.9 Å². The summed E-state index contributed by atoms with van der Waals surface area (Å²) in [5.41, 5.74) is -0.145. The maximum Gasteiger partial charge on any atom is 0.265 e. The molecule has 1 amide bonds. The van der Waals surface area contributed by atoms with Gasteiger partial charge in [-0.2, -0.15) is 0 Å². The van der Waals surface area contributed by atoms with E-state index in [1.54, 1.807) is 29.2 Å². The molecule has 4 nitrogen and oxygen atoms in total. The number of hydrogen-bond acceptors (Lipinski definition) is 3. The van der Waals surface area contributed by atoms with Crippen molar-refractivity contribution >= 4 is 11.7 Å². The molecule has 4 rings (SSSR count). The van der Waals surface area contributed by atoms with E-state index in [1.807, 2.05) is 20.8 Å². The minimum atomic E-state index is -1.31. The number of nitrogens with zero attached hydrogens (tertiary/aromatic N) is 2.